The van der Waals surface area contributed by atoms with Gasteiger partial charge in [-0.05, 0) is 42.0 Å². The van der Waals surface area contributed by atoms with Crippen molar-refractivity contribution in [2.45, 2.75) is 25.5 Å². The van der Waals surface area contributed by atoms with E-state index in [1.807, 2.05) is 36.0 Å². The molecule has 5 heteroatoms. The minimum absolute atomic E-state index is 0.773. The number of halogens is 1. The molecule has 0 unspecified atom stereocenters. The van der Waals surface area contributed by atoms with Crippen molar-refractivity contribution >= 4 is 45.2 Å². The van der Waals surface area contributed by atoms with E-state index in [-0.39, 0.29) is 0 Å². The van der Waals surface area contributed by atoms with Gasteiger partial charge in [-0.1, -0.05) is 60.6 Å². The van der Waals surface area contributed by atoms with Crippen LogP contribution in [0.5, 0.6) is 0 Å². The van der Waals surface area contributed by atoms with Gasteiger partial charge < -0.3 is 0 Å². The molecule has 2 aromatic rings. The number of nitrogens with zero attached hydrogens (tertiary/aromatic N) is 2. The van der Waals surface area contributed by atoms with E-state index in [9.17, 15) is 0 Å². The van der Waals surface area contributed by atoms with Gasteiger partial charge in [-0.15, -0.1) is 0 Å². The van der Waals surface area contributed by atoms with Crippen LogP contribution < -0.4 is 0 Å². The van der Waals surface area contributed by atoms with E-state index in [0.717, 1.165) is 26.6 Å². The summed E-state index contributed by atoms with van der Waals surface area (Å²) in [6.07, 6.45) is 5.97. The van der Waals surface area contributed by atoms with E-state index in [4.69, 9.17) is 16.6 Å². The van der Waals surface area contributed by atoms with Crippen molar-refractivity contribution in [1.29, 1.82) is 0 Å². The van der Waals surface area contributed by atoms with Crippen LogP contribution in [0.1, 0.15) is 25.3 Å². The first kappa shape index (κ1) is 17.4. The number of hydrogen-bond acceptors (Lipinski definition) is 4. The number of thioether (sulfide) groups is 2. The molecule has 0 radical (unpaired) electrons. The Morgan fingerprint density at radius 3 is 2.68 bits per heavy atom. The van der Waals surface area contributed by atoms with Crippen molar-refractivity contribution in [2.24, 2.45) is 4.99 Å². The molecule has 0 aliphatic heterocycles. The number of unbranched alkanes of at least 4 members (excludes halogenated alkanes) is 1. The largest absolute Gasteiger partial charge is 0.262 e. The molecule has 0 aliphatic carbocycles. The minimum atomic E-state index is 0.773. The number of pyridine rings is 1. The zero-order valence-corrected chi connectivity index (χ0v) is 14.9. The van der Waals surface area contributed by atoms with Gasteiger partial charge in [0.1, 0.15) is 4.38 Å². The summed E-state index contributed by atoms with van der Waals surface area (Å²) in [7, 11) is 0. The number of rotatable bonds is 6. The van der Waals surface area contributed by atoms with Gasteiger partial charge in [0.05, 0.1) is 11.9 Å². The van der Waals surface area contributed by atoms with E-state index in [1.165, 1.54) is 18.4 Å². The first-order valence-corrected chi connectivity index (χ1v) is 9.61. The van der Waals surface area contributed by atoms with Gasteiger partial charge in [-0.2, -0.15) is 0 Å². The van der Waals surface area contributed by atoms with E-state index in [1.54, 1.807) is 24.2 Å². The highest BCUT2D eigenvalue weighted by molar-refractivity contribution is 8.38. The van der Waals surface area contributed by atoms with E-state index in [2.05, 4.69) is 24.0 Å². The van der Waals surface area contributed by atoms with Crippen LogP contribution >= 0.6 is 35.1 Å². The molecule has 0 bridgehead atoms. The summed E-state index contributed by atoms with van der Waals surface area (Å²) in [6.45, 7) is 2.21. The van der Waals surface area contributed by atoms with Crippen molar-refractivity contribution in [3.8, 4) is 0 Å². The molecule has 2 nitrogen and oxygen atoms in total. The van der Waals surface area contributed by atoms with Crippen LogP contribution in [0.15, 0.2) is 53.8 Å². The van der Waals surface area contributed by atoms with Gasteiger partial charge in [-0.25, -0.2) is 4.99 Å². The van der Waals surface area contributed by atoms with Crippen LogP contribution in [0.3, 0.4) is 0 Å². The van der Waals surface area contributed by atoms with Crippen molar-refractivity contribution in [1.82, 2.24) is 4.98 Å². The third kappa shape index (κ3) is 6.42. The SMILES string of the molecule is CCCCSC(=Nc1cccnc1)SCc1ccc(Cl)cc1. The maximum Gasteiger partial charge on any atom is 0.130 e. The Hall–Kier alpha value is -0.970. The molecule has 0 fully saturated rings. The van der Waals surface area contributed by atoms with Crippen molar-refractivity contribution in [2.75, 3.05) is 5.75 Å². The Morgan fingerprint density at radius 1 is 1.18 bits per heavy atom. The van der Waals surface area contributed by atoms with Crippen LogP contribution in [-0.2, 0) is 5.75 Å². The van der Waals surface area contributed by atoms with Gasteiger partial charge in [0.25, 0.3) is 0 Å². The van der Waals surface area contributed by atoms with Crippen LogP contribution in [0.25, 0.3) is 0 Å². The molecule has 0 spiro atoms. The lowest BCUT2D eigenvalue weighted by molar-refractivity contribution is 0.898. The van der Waals surface area contributed by atoms with Gasteiger partial charge in [-0.3, -0.25) is 4.98 Å². The lowest BCUT2D eigenvalue weighted by Gasteiger charge is -2.06. The molecular formula is C17H19ClN2S2. The Balaban J connectivity index is 2.00. The average molecular weight is 351 g/mol. The lowest BCUT2D eigenvalue weighted by atomic mass is 10.2. The van der Waals surface area contributed by atoms with Gasteiger partial charge in [0.2, 0.25) is 0 Å². The van der Waals surface area contributed by atoms with Gasteiger partial charge >= 0.3 is 0 Å². The zero-order valence-electron chi connectivity index (χ0n) is 12.5. The molecule has 116 valence electrons. The number of aromatic nitrogens is 1. The highest BCUT2D eigenvalue weighted by Crippen LogP contribution is 2.26. The van der Waals surface area contributed by atoms with Crippen LogP contribution in [-0.4, -0.2) is 15.1 Å². The molecule has 0 saturated heterocycles. The van der Waals surface area contributed by atoms with E-state index < -0.39 is 0 Å². The molecule has 0 saturated carbocycles. The van der Waals surface area contributed by atoms with Gasteiger partial charge in [0, 0.05) is 17.0 Å². The smallest absolute Gasteiger partial charge is 0.130 e. The van der Waals surface area contributed by atoms with Crippen molar-refractivity contribution in [3.63, 3.8) is 0 Å². The molecule has 1 aromatic heterocycles. The Bertz CT molecular complexity index is 585. The number of benzene rings is 1. The van der Waals surface area contributed by atoms with Crippen LogP contribution in [0.2, 0.25) is 5.02 Å². The standard InChI is InChI=1S/C17H19ClN2S2/c1-2-3-11-21-17(20-16-5-4-10-19-12-16)22-13-14-6-8-15(18)9-7-14/h4-10,12H,2-3,11,13H2,1H3. The normalized spacial score (nSPS) is 11.6. The maximum atomic E-state index is 5.92. The molecule has 2 rings (SSSR count). The summed E-state index contributed by atoms with van der Waals surface area (Å²) in [5, 5.41) is 0.773. The third-order valence-electron chi connectivity index (χ3n) is 2.87. The van der Waals surface area contributed by atoms with Crippen molar-refractivity contribution < 1.29 is 0 Å². The molecule has 0 atom stereocenters. The number of aliphatic imine (C=N–C) groups is 1. The fourth-order valence-corrected chi connectivity index (χ4v) is 3.98. The van der Waals surface area contributed by atoms with Crippen molar-refractivity contribution in [3.05, 3.63) is 59.4 Å². The van der Waals surface area contributed by atoms with Crippen LogP contribution in [0, 0.1) is 0 Å². The molecule has 22 heavy (non-hydrogen) atoms. The summed E-state index contributed by atoms with van der Waals surface area (Å²) >= 11 is 9.51. The second-order valence-corrected chi connectivity index (χ2v) is 7.45. The number of hydrogen-bond donors (Lipinski definition) is 0. The third-order valence-corrected chi connectivity index (χ3v) is 5.47. The highest BCUT2D eigenvalue weighted by atomic mass is 35.5. The maximum absolute atomic E-state index is 5.92. The Kier molecular flexibility index (Phi) is 7.85. The van der Waals surface area contributed by atoms with Crippen LogP contribution in [0.4, 0.5) is 5.69 Å². The van der Waals surface area contributed by atoms with E-state index >= 15 is 0 Å². The summed E-state index contributed by atoms with van der Waals surface area (Å²) in [6, 6.07) is 11.9. The molecule has 0 aliphatic rings. The summed E-state index contributed by atoms with van der Waals surface area (Å²) in [5.41, 5.74) is 2.16. The second kappa shape index (κ2) is 9.93. The molecule has 1 heterocycles. The summed E-state index contributed by atoms with van der Waals surface area (Å²) in [5.74, 6) is 2.00. The first-order chi connectivity index (χ1) is 10.8. The topological polar surface area (TPSA) is 25.2 Å². The summed E-state index contributed by atoms with van der Waals surface area (Å²) in [4.78, 5) is 8.84. The predicted molar refractivity (Wildman–Crippen MR) is 101 cm³/mol. The molecular weight excluding hydrogens is 332 g/mol. The Labute approximate surface area is 145 Å². The lowest BCUT2D eigenvalue weighted by Crippen LogP contribution is -1.91. The fraction of sp³-hybridized carbons (Fsp3) is 0.294. The van der Waals surface area contributed by atoms with Gasteiger partial charge in [0.15, 0.2) is 0 Å². The second-order valence-electron chi connectivity index (χ2n) is 4.71. The fourth-order valence-electron chi connectivity index (χ4n) is 1.66. The highest BCUT2D eigenvalue weighted by Gasteiger charge is 2.04. The zero-order chi connectivity index (χ0) is 15.6. The first-order valence-electron chi connectivity index (χ1n) is 7.26. The summed E-state index contributed by atoms with van der Waals surface area (Å²) < 4.78 is 1.09. The average Bonchev–Trinajstić information content (AvgIpc) is 2.55. The minimum Gasteiger partial charge on any atom is -0.262 e. The van der Waals surface area contributed by atoms with E-state index in [0.29, 0.717) is 0 Å². The molecule has 0 amide bonds. The predicted octanol–water partition coefficient (Wildman–Crippen LogP) is 6.19. The molecule has 1 aromatic carbocycles. The monoisotopic (exact) mass is 350 g/mol. The molecule has 0 N–H and O–H groups in total. The Morgan fingerprint density at radius 2 is 2.00 bits per heavy atom. The quantitative estimate of drug-likeness (QED) is 0.353.